The predicted molar refractivity (Wildman–Crippen MR) is 128 cm³/mol. The lowest BCUT2D eigenvalue weighted by molar-refractivity contribution is -0.115. The Kier molecular flexibility index (Phi) is 7.03. The summed E-state index contributed by atoms with van der Waals surface area (Å²) in [5.74, 6) is -0.117. The molecule has 6 nitrogen and oxygen atoms in total. The quantitative estimate of drug-likeness (QED) is 0.559. The highest BCUT2D eigenvalue weighted by Crippen LogP contribution is 2.26. The molecule has 3 aromatic rings. The third-order valence-electron chi connectivity index (χ3n) is 5.55. The average molecular weight is 470 g/mol. The molecule has 32 heavy (non-hydrogen) atoms. The van der Waals surface area contributed by atoms with Crippen molar-refractivity contribution in [1.29, 1.82) is 0 Å². The fourth-order valence-electron chi connectivity index (χ4n) is 3.73. The minimum absolute atomic E-state index is 0.117. The molecule has 1 amide bonds. The van der Waals surface area contributed by atoms with E-state index in [0.29, 0.717) is 23.0 Å². The van der Waals surface area contributed by atoms with Gasteiger partial charge in [0.2, 0.25) is 15.9 Å². The summed E-state index contributed by atoms with van der Waals surface area (Å²) in [5, 5.41) is 5.49. The van der Waals surface area contributed by atoms with E-state index in [2.05, 4.69) is 10.3 Å². The fourth-order valence-corrected chi connectivity index (χ4v) is 6.05. The number of aromatic nitrogens is 1. The van der Waals surface area contributed by atoms with E-state index in [-0.39, 0.29) is 12.3 Å². The number of anilines is 1. The van der Waals surface area contributed by atoms with Crippen molar-refractivity contribution in [3.63, 3.8) is 0 Å². The van der Waals surface area contributed by atoms with Crippen molar-refractivity contribution in [2.75, 3.05) is 18.4 Å². The normalized spacial score (nSPS) is 15.3. The van der Waals surface area contributed by atoms with Crippen molar-refractivity contribution in [2.24, 2.45) is 0 Å². The number of nitrogens with one attached hydrogen (secondary N) is 1. The van der Waals surface area contributed by atoms with E-state index in [0.717, 1.165) is 48.2 Å². The van der Waals surface area contributed by atoms with Crippen molar-refractivity contribution >= 4 is 33.0 Å². The van der Waals surface area contributed by atoms with Crippen LogP contribution in [0.5, 0.6) is 0 Å². The Morgan fingerprint density at radius 1 is 1.00 bits per heavy atom. The number of hydrogen-bond donors (Lipinski definition) is 1. The SMILES string of the molecule is Cc1ccc(NC(=O)Cc2nc(-c3ccc(S(=O)(=O)N4CCCCCC4)cc3)cs2)cc1. The van der Waals surface area contributed by atoms with Crippen LogP contribution < -0.4 is 5.32 Å². The lowest BCUT2D eigenvalue weighted by Crippen LogP contribution is -2.31. The van der Waals surface area contributed by atoms with Gasteiger partial charge >= 0.3 is 0 Å². The van der Waals surface area contributed by atoms with Crippen LogP contribution in [-0.4, -0.2) is 36.7 Å². The second kappa shape index (κ2) is 9.94. The highest BCUT2D eigenvalue weighted by Gasteiger charge is 2.25. The van der Waals surface area contributed by atoms with E-state index >= 15 is 0 Å². The maximum atomic E-state index is 12.9. The molecule has 1 fully saturated rings. The van der Waals surface area contributed by atoms with Gasteiger partial charge in [0.25, 0.3) is 0 Å². The van der Waals surface area contributed by atoms with Crippen LogP contribution in [0.2, 0.25) is 0 Å². The van der Waals surface area contributed by atoms with Gasteiger partial charge in [0.05, 0.1) is 17.0 Å². The monoisotopic (exact) mass is 469 g/mol. The Labute approximate surface area is 193 Å². The van der Waals surface area contributed by atoms with Gasteiger partial charge in [-0.05, 0) is 44.0 Å². The molecule has 1 N–H and O–H groups in total. The van der Waals surface area contributed by atoms with E-state index in [1.54, 1.807) is 28.6 Å². The summed E-state index contributed by atoms with van der Waals surface area (Å²) >= 11 is 1.42. The zero-order valence-corrected chi connectivity index (χ0v) is 19.7. The molecule has 1 aliphatic heterocycles. The molecule has 0 atom stereocenters. The highest BCUT2D eigenvalue weighted by atomic mass is 32.2. The Hall–Kier alpha value is -2.55. The summed E-state index contributed by atoms with van der Waals surface area (Å²) in [5.41, 5.74) is 3.48. The lowest BCUT2D eigenvalue weighted by Gasteiger charge is -2.19. The summed E-state index contributed by atoms with van der Waals surface area (Å²) in [7, 11) is -3.46. The molecule has 1 aliphatic rings. The van der Waals surface area contributed by atoms with Gasteiger partial charge in [-0.1, -0.05) is 42.7 Å². The van der Waals surface area contributed by atoms with Gasteiger partial charge < -0.3 is 5.32 Å². The molecular weight excluding hydrogens is 442 g/mol. The summed E-state index contributed by atoms with van der Waals surface area (Å²) < 4.78 is 27.5. The van der Waals surface area contributed by atoms with Gasteiger partial charge in [-0.3, -0.25) is 4.79 Å². The minimum Gasteiger partial charge on any atom is -0.326 e. The highest BCUT2D eigenvalue weighted by molar-refractivity contribution is 7.89. The Balaban J connectivity index is 1.41. The first kappa shape index (κ1) is 22.6. The minimum atomic E-state index is -3.46. The maximum absolute atomic E-state index is 12.9. The van der Waals surface area contributed by atoms with Gasteiger partial charge in [0.15, 0.2) is 0 Å². The molecular formula is C24H27N3O3S2. The molecule has 8 heteroatoms. The Morgan fingerprint density at radius 3 is 2.31 bits per heavy atom. The van der Waals surface area contributed by atoms with Crippen molar-refractivity contribution in [2.45, 2.75) is 43.9 Å². The van der Waals surface area contributed by atoms with Crippen LogP contribution >= 0.6 is 11.3 Å². The van der Waals surface area contributed by atoms with Crippen molar-refractivity contribution in [3.05, 3.63) is 64.5 Å². The zero-order chi connectivity index (χ0) is 22.6. The number of sulfonamides is 1. The van der Waals surface area contributed by atoms with Crippen LogP contribution in [0.4, 0.5) is 5.69 Å². The number of carbonyl (C=O) groups is 1. The molecule has 168 valence electrons. The Morgan fingerprint density at radius 2 is 1.66 bits per heavy atom. The number of thiazole rings is 1. The van der Waals surface area contributed by atoms with E-state index in [1.165, 1.54) is 11.3 Å². The molecule has 1 saturated heterocycles. The van der Waals surface area contributed by atoms with E-state index in [1.807, 2.05) is 36.6 Å². The van der Waals surface area contributed by atoms with Crippen LogP contribution in [0.25, 0.3) is 11.3 Å². The molecule has 0 saturated carbocycles. The van der Waals surface area contributed by atoms with Crippen molar-refractivity contribution in [1.82, 2.24) is 9.29 Å². The molecule has 1 aromatic heterocycles. The van der Waals surface area contributed by atoms with Gasteiger partial charge in [-0.2, -0.15) is 4.31 Å². The second-order valence-electron chi connectivity index (χ2n) is 8.06. The maximum Gasteiger partial charge on any atom is 0.243 e. The Bertz CT molecular complexity index is 1160. The number of hydrogen-bond acceptors (Lipinski definition) is 5. The number of rotatable bonds is 6. The number of carbonyl (C=O) groups excluding carboxylic acids is 1. The summed E-state index contributed by atoms with van der Waals surface area (Å²) in [6.45, 7) is 3.17. The molecule has 0 radical (unpaired) electrons. The molecule has 2 heterocycles. The van der Waals surface area contributed by atoms with Crippen LogP contribution in [0, 0.1) is 6.92 Å². The predicted octanol–water partition coefficient (Wildman–Crippen LogP) is 4.86. The van der Waals surface area contributed by atoms with Gasteiger partial charge in [-0.25, -0.2) is 13.4 Å². The molecule has 0 bridgehead atoms. The van der Waals surface area contributed by atoms with Crippen LogP contribution in [0.1, 0.15) is 36.3 Å². The lowest BCUT2D eigenvalue weighted by atomic mass is 10.2. The van der Waals surface area contributed by atoms with E-state index in [9.17, 15) is 13.2 Å². The summed E-state index contributed by atoms with van der Waals surface area (Å²) in [6, 6.07) is 14.5. The number of benzene rings is 2. The molecule has 4 rings (SSSR count). The number of aryl methyl sites for hydroxylation is 1. The largest absolute Gasteiger partial charge is 0.326 e. The van der Waals surface area contributed by atoms with Crippen molar-refractivity contribution in [3.8, 4) is 11.3 Å². The van der Waals surface area contributed by atoms with Crippen molar-refractivity contribution < 1.29 is 13.2 Å². The molecule has 0 spiro atoms. The number of amides is 1. The summed E-state index contributed by atoms with van der Waals surface area (Å²) in [6.07, 6.45) is 4.19. The summed E-state index contributed by atoms with van der Waals surface area (Å²) in [4.78, 5) is 17.2. The topological polar surface area (TPSA) is 79.4 Å². The van der Waals surface area contributed by atoms with Crippen LogP contribution in [0.15, 0.2) is 58.8 Å². The standard InChI is InChI=1S/C24H27N3O3S2/c1-18-6-10-20(11-7-18)25-23(28)16-24-26-22(17-31-24)19-8-12-21(13-9-19)32(29,30)27-14-4-2-3-5-15-27/h6-13,17H,2-5,14-16H2,1H3,(H,25,28). The van der Waals surface area contributed by atoms with Gasteiger partial charge in [0.1, 0.15) is 5.01 Å². The molecule has 0 unspecified atom stereocenters. The first-order chi connectivity index (χ1) is 15.4. The molecule has 0 aliphatic carbocycles. The first-order valence-corrected chi connectivity index (χ1v) is 13.2. The smallest absolute Gasteiger partial charge is 0.243 e. The van der Waals surface area contributed by atoms with Gasteiger partial charge in [-0.15, -0.1) is 11.3 Å². The van der Waals surface area contributed by atoms with E-state index < -0.39 is 10.0 Å². The molecule has 2 aromatic carbocycles. The average Bonchev–Trinajstić information content (AvgIpc) is 3.06. The van der Waals surface area contributed by atoms with Crippen LogP contribution in [0.3, 0.4) is 0 Å². The zero-order valence-electron chi connectivity index (χ0n) is 18.1. The third kappa shape index (κ3) is 5.43. The van der Waals surface area contributed by atoms with Crippen LogP contribution in [-0.2, 0) is 21.2 Å². The first-order valence-electron chi connectivity index (χ1n) is 10.8. The van der Waals surface area contributed by atoms with Gasteiger partial charge in [0, 0.05) is 29.7 Å². The third-order valence-corrected chi connectivity index (χ3v) is 8.31. The number of nitrogens with zero attached hydrogens (tertiary/aromatic N) is 2. The fraction of sp³-hybridized carbons (Fsp3) is 0.333. The second-order valence-corrected chi connectivity index (χ2v) is 10.9. The van der Waals surface area contributed by atoms with E-state index in [4.69, 9.17) is 0 Å².